The van der Waals surface area contributed by atoms with Gasteiger partial charge < -0.3 is 36.8 Å². The highest BCUT2D eigenvalue weighted by molar-refractivity contribution is 5.95. The summed E-state index contributed by atoms with van der Waals surface area (Å²) in [5.74, 6) is -6.57. The number of aromatic nitrogens is 4. The first-order chi connectivity index (χ1) is 27.1. The molecule has 306 valence electrons. The van der Waals surface area contributed by atoms with Gasteiger partial charge in [-0.15, -0.1) is 0 Å². The second-order valence-corrected chi connectivity index (χ2v) is 14.9. The van der Waals surface area contributed by atoms with E-state index in [2.05, 4.69) is 35.9 Å². The molecule has 0 fully saturated rings. The molecule has 0 saturated heterocycles. The predicted molar refractivity (Wildman–Crippen MR) is 205 cm³/mol. The summed E-state index contributed by atoms with van der Waals surface area (Å²) in [6.45, 7) is 3.82. The number of carbonyl (C=O) groups excluding carboxylic acids is 7. The van der Waals surface area contributed by atoms with E-state index in [9.17, 15) is 43.5 Å². The lowest BCUT2D eigenvalue weighted by molar-refractivity contribution is -0.141. The van der Waals surface area contributed by atoms with Gasteiger partial charge in [0.15, 0.2) is 17.3 Å². The summed E-state index contributed by atoms with van der Waals surface area (Å²) < 4.78 is 0. The van der Waals surface area contributed by atoms with Crippen molar-refractivity contribution in [1.82, 2.24) is 35.9 Å². The Labute approximate surface area is 330 Å². The number of nitrogens with two attached hydrogens (primary N) is 1. The molecule has 4 rings (SSSR count). The molecule has 8 N–H and O–H groups in total. The number of nitrogens with zero attached hydrogens (tertiary/aromatic N) is 2. The van der Waals surface area contributed by atoms with Crippen LogP contribution in [-0.4, -0.2) is 90.1 Å². The van der Waals surface area contributed by atoms with E-state index in [-0.39, 0.29) is 68.5 Å². The first-order valence-electron chi connectivity index (χ1n) is 19.1. The van der Waals surface area contributed by atoms with Crippen molar-refractivity contribution in [1.29, 1.82) is 0 Å². The number of Topliss-reactive ketones (excluding diaryl/α,β-unsaturated/α-hetero) is 3. The van der Waals surface area contributed by atoms with Crippen LogP contribution in [-0.2, 0) is 59.2 Å². The van der Waals surface area contributed by atoms with E-state index in [0.29, 0.717) is 35.4 Å². The molecule has 4 amide bonds. The van der Waals surface area contributed by atoms with Crippen LogP contribution in [0.1, 0.15) is 98.6 Å². The zero-order valence-corrected chi connectivity index (χ0v) is 32.5. The summed E-state index contributed by atoms with van der Waals surface area (Å²) in [6.07, 6.45) is 7.64. The number of carbonyl (C=O) groups is 8. The molecule has 1 aromatic carbocycles. The molecule has 17 nitrogen and oxygen atoms in total. The van der Waals surface area contributed by atoms with Gasteiger partial charge >= 0.3 is 5.97 Å². The molecular weight excluding hydrogens is 736 g/mol. The van der Waals surface area contributed by atoms with E-state index in [1.807, 2.05) is 6.07 Å². The molecule has 5 atom stereocenters. The van der Waals surface area contributed by atoms with E-state index < -0.39 is 77.7 Å². The van der Waals surface area contributed by atoms with Gasteiger partial charge in [0.25, 0.3) is 0 Å². The van der Waals surface area contributed by atoms with Gasteiger partial charge in [0.05, 0.1) is 37.2 Å². The van der Waals surface area contributed by atoms with E-state index >= 15 is 0 Å². The van der Waals surface area contributed by atoms with Crippen LogP contribution in [0.15, 0.2) is 43.2 Å². The van der Waals surface area contributed by atoms with Crippen LogP contribution in [0.25, 0.3) is 0 Å². The lowest BCUT2D eigenvalue weighted by Gasteiger charge is -2.27. The number of hydrogen-bond acceptors (Lipinski definition) is 10. The molecule has 0 saturated carbocycles. The standard InChI is InChI=1S/C40H52N8O9/c1-22(49)46-33(15-31-18-42-20-44-31)38(55)28-8-4-6-27(37(54)35(17-36(52)53)48-24(3)51)7-5-9-29(12-26-10-25(11-28)13-30(14-26)40(41)57)39(56)34(47-23(2)50)16-32-19-43-21-45-32/h10,13-14,18-21,27-29,33-35H,4-9,11-12,15-17H2,1-3H3,(H2,41,57)(H,42,44)(H,43,45)(H,46,49)(H,47,50)(H,48,51)(H,52,53)/t27?,28?,29?,33-,34-,35-/m0/s1. The SMILES string of the molecule is CC(=O)N[C@@H](CC(=O)O)C(=O)C1CCCC(C(=O)[C@H](Cc2cnc[nH]2)NC(C)=O)Cc2cc(cc(C(N)=O)c2)CC(C(=O)[C@H](Cc2cnc[nH]2)NC(C)=O)CCC1. The molecule has 1 aliphatic rings. The molecule has 3 aromatic rings. The molecule has 2 bridgehead atoms. The molecule has 2 aromatic heterocycles. The maximum absolute atomic E-state index is 14.4. The van der Waals surface area contributed by atoms with Crippen molar-refractivity contribution in [2.75, 3.05) is 0 Å². The van der Waals surface area contributed by atoms with Gasteiger partial charge in [0.2, 0.25) is 23.6 Å². The number of rotatable bonds is 16. The third kappa shape index (κ3) is 13.6. The van der Waals surface area contributed by atoms with E-state index in [1.165, 1.54) is 33.4 Å². The van der Waals surface area contributed by atoms with E-state index in [0.717, 1.165) is 0 Å². The Morgan fingerprint density at radius 2 is 1.07 bits per heavy atom. The van der Waals surface area contributed by atoms with Gasteiger partial charge in [-0.3, -0.25) is 38.4 Å². The quantitative estimate of drug-likeness (QED) is 0.110. The zero-order chi connectivity index (χ0) is 41.6. The minimum Gasteiger partial charge on any atom is -0.481 e. The molecule has 0 radical (unpaired) electrons. The van der Waals surface area contributed by atoms with E-state index in [4.69, 9.17) is 5.73 Å². The molecule has 57 heavy (non-hydrogen) atoms. The van der Waals surface area contributed by atoms with Crippen LogP contribution in [0.4, 0.5) is 0 Å². The average Bonchev–Trinajstić information content (AvgIpc) is 3.85. The second-order valence-electron chi connectivity index (χ2n) is 14.9. The lowest BCUT2D eigenvalue weighted by atomic mass is 9.79. The fraction of sp³-hybridized carbons (Fsp3) is 0.500. The second kappa shape index (κ2) is 20.8. The topological polar surface area (TPSA) is 276 Å². The number of amides is 4. The van der Waals surface area contributed by atoms with Gasteiger partial charge in [-0.1, -0.05) is 18.9 Å². The zero-order valence-electron chi connectivity index (χ0n) is 32.5. The van der Waals surface area contributed by atoms with Crippen molar-refractivity contribution >= 4 is 46.9 Å². The van der Waals surface area contributed by atoms with Crippen molar-refractivity contribution in [2.24, 2.45) is 23.5 Å². The Bertz CT molecular complexity index is 1790. The average molecular weight is 789 g/mol. The monoisotopic (exact) mass is 788 g/mol. The summed E-state index contributed by atoms with van der Waals surface area (Å²) in [5.41, 5.74) is 8.41. The Hall–Kier alpha value is -6.00. The highest BCUT2D eigenvalue weighted by Gasteiger charge is 2.34. The van der Waals surface area contributed by atoms with Crippen molar-refractivity contribution in [2.45, 2.75) is 110 Å². The Kier molecular flexibility index (Phi) is 15.9. The molecule has 0 aliphatic heterocycles. The Morgan fingerprint density at radius 3 is 1.44 bits per heavy atom. The van der Waals surface area contributed by atoms with Crippen molar-refractivity contribution in [3.05, 3.63) is 71.3 Å². The summed E-state index contributed by atoms with van der Waals surface area (Å²) in [5, 5.41) is 17.6. The number of nitrogens with one attached hydrogen (secondary N) is 5. The molecule has 17 heteroatoms. The van der Waals surface area contributed by atoms with Crippen LogP contribution in [0.2, 0.25) is 0 Å². The number of imidazole rings is 2. The van der Waals surface area contributed by atoms with Gasteiger partial charge in [-0.05, 0) is 61.8 Å². The number of aliphatic carboxylic acids is 1. The number of H-pyrrole nitrogens is 2. The number of ketones is 3. The third-order valence-electron chi connectivity index (χ3n) is 10.2. The van der Waals surface area contributed by atoms with Crippen LogP contribution >= 0.6 is 0 Å². The number of hydrogen-bond donors (Lipinski definition) is 7. The number of primary amides is 1. The number of fused-ring (bicyclic) bond motifs is 2. The van der Waals surface area contributed by atoms with Gasteiger partial charge in [0.1, 0.15) is 0 Å². The summed E-state index contributed by atoms with van der Waals surface area (Å²) in [7, 11) is 0. The van der Waals surface area contributed by atoms with Crippen LogP contribution in [0, 0.1) is 17.8 Å². The van der Waals surface area contributed by atoms with Crippen LogP contribution in [0.3, 0.4) is 0 Å². The molecule has 2 heterocycles. The van der Waals surface area contributed by atoms with Crippen LogP contribution in [0.5, 0.6) is 0 Å². The smallest absolute Gasteiger partial charge is 0.305 e. The lowest BCUT2D eigenvalue weighted by Crippen LogP contribution is -2.45. The van der Waals surface area contributed by atoms with E-state index in [1.54, 1.807) is 24.5 Å². The van der Waals surface area contributed by atoms with Crippen molar-refractivity contribution < 1.29 is 43.5 Å². The Morgan fingerprint density at radius 1 is 0.667 bits per heavy atom. The highest BCUT2D eigenvalue weighted by atomic mass is 16.4. The Balaban J connectivity index is 1.78. The largest absolute Gasteiger partial charge is 0.481 e. The first kappa shape index (κ1) is 43.7. The van der Waals surface area contributed by atoms with Crippen molar-refractivity contribution in [3.8, 4) is 0 Å². The third-order valence-corrected chi connectivity index (χ3v) is 10.2. The molecule has 2 unspecified atom stereocenters. The normalized spacial score (nSPS) is 19.1. The van der Waals surface area contributed by atoms with Gasteiger partial charge in [0, 0.05) is 80.7 Å². The highest BCUT2D eigenvalue weighted by Crippen LogP contribution is 2.29. The maximum atomic E-state index is 14.4. The molecular formula is C40H52N8O9. The molecule has 1 aliphatic carbocycles. The maximum Gasteiger partial charge on any atom is 0.305 e. The van der Waals surface area contributed by atoms with Crippen LogP contribution < -0.4 is 21.7 Å². The fourth-order valence-corrected chi connectivity index (χ4v) is 7.71. The summed E-state index contributed by atoms with van der Waals surface area (Å²) in [4.78, 5) is 118. The van der Waals surface area contributed by atoms with Crippen molar-refractivity contribution in [3.63, 3.8) is 0 Å². The first-order valence-corrected chi connectivity index (χ1v) is 19.1. The minimum absolute atomic E-state index is 0.130. The summed E-state index contributed by atoms with van der Waals surface area (Å²) in [6, 6.07) is 1.87. The predicted octanol–water partition coefficient (Wildman–Crippen LogP) is 1.70. The minimum atomic E-state index is -1.29. The molecule has 0 spiro atoms. The number of benzene rings is 1. The number of carboxylic acid groups (broad SMARTS) is 1. The number of carboxylic acids is 1. The van der Waals surface area contributed by atoms with Gasteiger partial charge in [-0.25, -0.2) is 9.97 Å². The number of aromatic amines is 2. The van der Waals surface area contributed by atoms with Gasteiger partial charge in [-0.2, -0.15) is 0 Å². The fourth-order valence-electron chi connectivity index (χ4n) is 7.71. The summed E-state index contributed by atoms with van der Waals surface area (Å²) >= 11 is 0.